The van der Waals surface area contributed by atoms with E-state index in [-0.39, 0.29) is 0 Å². The molecule has 0 bridgehead atoms. The Morgan fingerprint density at radius 1 is 1.64 bits per heavy atom. The number of ether oxygens (including phenoxy) is 1. The van der Waals surface area contributed by atoms with Gasteiger partial charge in [0.05, 0.1) is 0 Å². The van der Waals surface area contributed by atoms with Gasteiger partial charge in [0.15, 0.2) is 0 Å². The molecule has 0 aliphatic carbocycles. The first-order chi connectivity index (χ1) is 5.22. The lowest BCUT2D eigenvalue weighted by Gasteiger charge is -1.98. The Morgan fingerprint density at radius 3 is 2.64 bits per heavy atom. The second-order valence-electron chi connectivity index (χ2n) is 2.29. The Hall–Kier alpha value is -0.830. The van der Waals surface area contributed by atoms with Crippen molar-refractivity contribution in [3.63, 3.8) is 0 Å². The minimum absolute atomic E-state index is 0.400. The minimum atomic E-state index is 0.400. The molecule has 3 heteroatoms. The van der Waals surface area contributed by atoms with E-state index >= 15 is 0 Å². The smallest absolute Gasteiger partial charge is 0.137 e. The maximum absolute atomic E-state index is 5.58. The fourth-order valence-electron chi connectivity index (χ4n) is 0.694. The van der Waals surface area contributed by atoms with Crippen LogP contribution in [0.3, 0.4) is 0 Å². The van der Waals surface area contributed by atoms with Gasteiger partial charge in [0, 0.05) is 19.0 Å². The molecule has 0 unspecified atom stereocenters. The fourth-order valence-corrected chi connectivity index (χ4v) is 0.694. The monoisotopic (exact) mass is 156 g/mol. The van der Waals surface area contributed by atoms with Gasteiger partial charge in [-0.1, -0.05) is 6.92 Å². The van der Waals surface area contributed by atoms with Crippen LogP contribution in [0, 0.1) is 0 Å². The summed E-state index contributed by atoms with van der Waals surface area (Å²) in [6.07, 6.45) is 2.67. The molecule has 0 aromatic heterocycles. The number of allylic oxidation sites excluding steroid dienone is 2. The topological polar surface area (TPSA) is 47.6 Å². The highest BCUT2D eigenvalue weighted by Crippen LogP contribution is 1.99. The molecule has 0 radical (unpaired) electrons. The number of rotatable bonds is 4. The molecule has 0 aromatic carbocycles. The third kappa shape index (κ3) is 4.56. The quantitative estimate of drug-likeness (QED) is 0.624. The van der Waals surface area contributed by atoms with Crippen molar-refractivity contribution >= 4 is 6.21 Å². The Kier molecular flexibility index (Phi) is 5.47. The second kappa shape index (κ2) is 5.92. The van der Waals surface area contributed by atoms with E-state index in [9.17, 15) is 0 Å². The summed E-state index contributed by atoms with van der Waals surface area (Å²) in [7, 11) is 1.61. The molecule has 0 saturated carbocycles. The van der Waals surface area contributed by atoms with Gasteiger partial charge in [0.2, 0.25) is 0 Å². The molecular formula is C8H16N2O. The van der Waals surface area contributed by atoms with E-state index in [1.165, 1.54) is 0 Å². The number of hydrogen-bond acceptors (Lipinski definition) is 3. The van der Waals surface area contributed by atoms with E-state index < -0.39 is 0 Å². The summed E-state index contributed by atoms with van der Waals surface area (Å²) in [6.45, 7) is 4.32. The Morgan fingerprint density at radius 2 is 2.27 bits per heavy atom. The highest BCUT2D eigenvalue weighted by atomic mass is 16.5. The summed E-state index contributed by atoms with van der Waals surface area (Å²) in [4.78, 5) is 4.00. The fraction of sp³-hybridized carbons (Fsp3) is 0.625. The molecule has 2 N–H and O–H groups in total. The zero-order chi connectivity index (χ0) is 8.69. The first-order valence-electron chi connectivity index (χ1n) is 3.66. The van der Waals surface area contributed by atoms with Gasteiger partial charge in [-0.25, -0.2) is 0 Å². The number of nitrogens with zero attached hydrogens (tertiary/aromatic N) is 1. The first kappa shape index (κ1) is 10.2. The molecule has 3 nitrogen and oxygen atoms in total. The standard InChI is InChI=1S/C8H16N2O/c1-4-8(7(2)9)5-10-6-11-3/h5H,4,6,9H2,1-3H3/b8-7-,10-5?. The van der Waals surface area contributed by atoms with Gasteiger partial charge in [0.1, 0.15) is 6.73 Å². The first-order valence-corrected chi connectivity index (χ1v) is 3.66. The van der Waals surface area contributed by atoms with Gasteiger partial charge in [0.25, 0.3) is 0 Å². The Balaban J connectivity index is 3.99. The van der Waals surface area contributed by atoms with Crippen LogP contribution in [0.15, 0.2) is 16.3 Å². The van der Waals surface area contributed by atoms with Gasteiger partial charge in [-0.2, -0.15) is 0 Å². The Labute approximate surface area is 68.0 Å². The lowest BCUT2D eigenvalue weighted by atomic mass is 10.2. The summed E-state index contributed by atoms with van der Waals surface area (Å²) in [6, 6.07) is 0. The lowest BCUT2D eigenvalue weighted by Crippen LogP contribution is -1.99. The second-order valence-corrected chi connectivity index (χ2v) is 2.29. The molecule has 0 heterocycles. The molecule has 0 aromatic rings. The molecule has 0 aliphatic heterocycles. The van der Waals surface area contributed by atoms with Crippen LogP contribution in [0.2, 0.25) is 0 Å². The summed E-state index contributed by atoms with van der Waals surface area (Å²) in [5, 5.41) is 0. The van der Waals surface area contributed by atoms with Gasteiger partial charge in [-0.15, -0.1) is 0 Å². The van der Waals surface area contributed by atoms with Crippen molar-refractivity contribution in [2.24, 2.45) is 10.7 Å². The van der Waals surface area contributed by atoms with Crippen LogP contribution < -0.4 is 5.73 Å². The number of methoxy groups -OCH3 is 1. The van der Waals surface area contributed by atoms with Gasteiger partial charge >= 0.3 is 0 Å². The van der Waals surface area contributed by atoms with Crippen LogP contribution in [-0.2, 0) is 4.74 Å². The zero-order valence-electron chi connectivity index (χ0n) is 7.42. The molecule has 0 saturated heterocycles. The largest absolute Gasteiger partial charge is 0.402 e. The van der Waals surface area contributed by atoms with Crippen molar-refractivity contribution in [1.29, 1.82) is 0 Å². The van der Waals surface area contributed by atoms with E-state index in [0.717, 1.165) is 17.7 Å². The average Bonchev–Trinajstić information content (AvgIpc) is 1.97. The third-order valence-electron chi connectivity index (χ3n) is 1.34. The number of nitrogens with two attached hydrogens (primary N) is 1. The minimum Gasteiger partial charge on any atom is -0.402 e. The summed E-state index contributed by atoms with van der Waals surface area (Å²) in [5.41, 5.74) is 7.47. The van der Waals surface area contributed by atoms with Gasteiger partial charge in [-0.3, -0.25) is 4.99 Å². The normalized spacial score (nSPS) is 13.7. The molecular weight excluding hydrogens is 140 g/mol. The van der Waals surface area contributed by atoms with Crippen molar-refractivity contribution in [1.82, 2.24) is 0 Å². The molecule has 0 spiro atoms. The molecule has 64 valence electrons. The summed E-state index contributed by atoms with van der Waals surface area (Å²) >= 11 is 0. The SMILES string of the molecule is CC/C(C=NCOC)=C(\C)N. The van der Waals surface area contributed by atoms with Crippen molar-refractivity contribution in [3.8, 4) is 0 Å². The highest BCUT2D eigenvalue weighted by Gasteiger charge is 1.90. The molecule has 0 atom stereocenters. The van der Waals surface area contributed by atoms with Gasteiger partial charge < -0.3 is 10.5 Å². The van der Waals surface area contributed by atoms with Crippen molar-refractivity contribution < 1.29 is 4.74 Å². The average molecular weight is 156 g/mol. The van der Waals surface area contributed by atoms with Crippen LogP contribution in [0.1, 0.15) is 20.3 Å². The molecule has 0 aliphatic rings. The molecule has 0 amide bonds. The summed E-state index contributed by atoms with van der Waals surface area (Å²) < 4.78 is 4.76. The number of aliphatic imine (C=N–C) groups is 1. The van der Waals surface area contributed by atoms with Gasteiger partial charge in [-0.05, 0) is 18.9 Å². The zero-order valence-corrected chi connectivity index (χ0v) is 7.42. The lowest BCUT2D eigenvalue weighted by molar-refractivity contribution is 0.209. The van der Waals surface area contributed by atoms with E-state index in [1.807, 2.05) is 13.8 Å². The number of hydrogen-bond donors (Lipinski definition) is 1. The van der Waals surface area contributed by atoms with Crippen molar-refractivity contribution in [3.05, 3.63) is 11.3 Å². The van der Waals surface area contributed by atoms with E-state index in [1.54, 1.807) is 13.3 Å². The van der Waals surface area contributed by atoms with Crippen LogP contribution in [0.4, 0.5) is 0 Å². The van der Waals surface area contributed by atoms with Crippen LogP contribution >= 0.6 is 0 Å². The third-order valence-corrected chi connectivity index (χ3v) is 1.34. The van der Waals surface area contributed by atoms with Crippen LogP contribution in [0.25, 0.3) is 0 Å². The van der Waals surface area contributed by atoms with Crippen molar-refractivity contribution in [2.45, 2.75) is 20.3 Å². The maximum atomic E-state index is 5.58. The van der Waals surface area contributed by atoms with Crippen LogP contribution in [-0.4, -0.2) is 20.1 Å². The molecule has 0 fully saturated rings. The molecule has 11 heavy (non-hydrogen) atoms. The predicted molar refractivity (Wildman–Crippen MR) is 47.5 cm³/mol. The van der Waals surface area contributed by atoms with Crippen LogP contribution in [0.5, 0.6) is 0 Å². The summed E-state index contributed by atoms with van der Waals surface area (Å²) in [5.74, 6) is 0. The van der Waals surface area contributed by atoms with E-state index in [0.29, 0.717) is 6.73 Å². The maximum Gasteiger partial charge on any atom is 0.137 e. The van der Waals surface area contributed by atoms with E-state index in [4.69, 9.17) is 10.5 Å². The van der Waals surface area contributed by atoms with E-state index in [2.05, 4.69) is 4.99 Å². The highest BCUT2D eigenvalue weighted by molar-refractivity contribution is 5.79. The molecule has 0 rings (SSSR count). The Bertz CT molecular complexity index is 157. The predicted octanol–water partition coefficient (Wildman–Crippen LogP) is 1.30. The van der Waals surface area contributed by atoms with Crippen molar-refractivity contribution in [2.75, 3.05) is 13.8 Å².